The molecular weight excluding hydrogens is 220 g/mol. The highest BCUT2D eigenvalue weighted by atomic mass is 16.3. The molecule has 0 fully saturated rings. The molecule has 0 bridgehead atoms. The summed E-state index contributed by atoms with van der Waals surface area (Å²) in [6.07, 6.45) is 3.40. The van der Waals surface area contributed by atoms with Gasteiger partial charge in [0.05, 0.1) is 12.8 Å². The normalized spacial score (nSPS) is 12.8. The van der Waals surface area contributed by atoms with Crippen LogP contribution in [0, 0.1) is 0 Å². The zero-order valence-corrected chi connectivity index (χ0v) is 10.6. The highest BCUT2D eigenvalue weighted by molar-refractivity contribution is 5.80. The Hall–Kier alpha value is -1.43. The van der Waals surface area contributed by atoms with E-state index in [-0.39, 0.29) is 18.6 Å². The monoisotopic (exact) mass is 240 g/mol. The van der Waals surface area contributed by atoms with Crippen LogP contribution in [0.15, 0.2) is 6.20 Å². The smallest absolute Gasteiger partial charge is 0.244 e. The third kappa shape index (κ3) is 3.52. The molecule has 0 aromatic carbocycles. The summed E-state index contributed by atoms with van der Waals surface area (Å²) in [5.41, 5.74) is 0.465. The summed E-state index contributed by atoms with van der Waals surface area (Å²) in [6.45, 7) is 5.67. The number of carbonyl (C=O) groups is 1. The maximum absolute atomic E-state index is 11.9. The van der Waals surface area contributed by atoms with Crippen LogP contribution in [0.2, 0.25) is 0 Å². The molecule has 2 N–H and O–H groups in total. The van der Waals surface area contributed by atoms with E-state index >= 15 is 0 Å². The first-order valence-corrected chi connectivity index (χ1v) is 5.94. The van der Waals surface area contributed by atoms with Gasteiger partial charge in [-0.1, -0.05) is 19.1 Å². The Balaban J connectivity index is 2.62. The summed E-state index contributed by atoms with van der Waals surface area (Å²) in [4.78, 5) is 11.9. The Labute approximate surface area is 101 Å². The van der Waals surface area contributed by atoms with E-state index in [4.69, 9.17) is 5.11 Å². The lowest BCUT2D eigenvalue weighted by atomic mass is 10.1. The van der Waals surface area contributed by atoms with Gasteiger partial charge in [-0.3, -0.25) is 4.79 Å². The molecule has 1 unspecified atom stereocenters. The van der Waals surface area contributed by atoms with Gasteiger partial charge in [-0.25, -0.2) is 4.68 Å². The van der Waals surface area contributed by atoms with E-state index in [0.717, 1.165) is 12.8 Å². The van der Waals surface area contributed by atoms with Gasteiger partial charge in [-0.2, -0.15) is 0 Å². The Kier molecular flexibility index (Phi) is 5.09. The van der Waals surface area contributed by atoms with E-state index < -0.39 is 6.04 Å². The first kappa shape index (κ1) is 13.6. The number of amides is 1. The van der Waals surface area contributed by atoms with Crippen LogP contribution in [0.5, 0.6) is 0 Å². The van der Waals surface area contributed by atoms with Crippen molar-refractivity contribution in [3.63, 3.8) is 0 Å². The lowest BCUT2D eigenvalue weighted by Crippen LogP contribution is -2.38. The number of aliphatic hydroxyl groups is 1. The molecule has 0 aliphatic carbocycles. The fraction of sp³-hybridized carbons (Fsp3) is 0.727. The Morgan fingerprint density at radius 3 is 2.65 bits per heavy atom. The van der Waals surface area contributed by atoms with Crippen LogP contribution in [-0.4, -0.2) is 32.0 Å². The number of aromatic nitrogens is 3. The molecule has 1 atom stereocenters. The van der Waals surface area contributed by atoms with Crippen LogP contribution in [0.3, 0.4) is 0 Å². The van der Waals surface area contributed by atoms with Crippen molar-refractivity contribution in [2.24, 2.45) is 0 Å². The van der Waals surface area contributed by atoms with Crippen LogP contribution in [-0.2, 0) is 11.4 Å². The van der Waals surface area contributed by atoms with E-state index in [0.29, 0.717) is 5.69 Å². The van der Waals surface area contributed by atoms with Gasteiger partial charge in [0.25, 0.3) is 0 Å². The summed E-state index contributed by atoms with van der Waals surface area (Å²) in [7, 11) is 0. The topological polar surface area (TPSA) is 80.0 Å². The molecule has 1 aromatic rings. The first-order chi connectivity index (χ1) is 8.12. The zero-order valence-electron chi connectivity index (χ0n) is 10.6. The largest absolute Gasteiger partial charge is 0.390 e. The average molecular weight is 240 g/mol. The number of rotatable bonds is 6. The predicted octanol–water partition coefficient (Wildman–Crippen LogP) is 0.636. The van der Waals surface area contributed by atoms with Crippen molar-refractivity contribution >= 4 is 5.91 Å². The number of hydrogen-bond donors (Lipinski definition) is 2. The van der Waals surface area contributed by atoms with Crippen molar-refractivity contribution in [1.29, 1.82) is 0 Å². The maximum atomic E-state index is 11.9. The molecule has 1 amide bonds. The number of carbonyl (C=O) groups excluding carboxylic acids is 1. The van der Waals surface area contributed by atoms with E-state index in [1.165, 1.54) is 4.68 Å². The average Bonchev–Trinajstić information content (AvgIpc) is 2.83. The fourth-order valence-electron chi connectivity index (χ4n) is 1.51. The molecule has 0 radical (unpaired) electrons. The van der Waals surface area contributed by atoms with Crippen molar-refractivity contribution in [3.8, 4) is 0 Å². The van der Waals surface area contributed by atoms with Gasteiger partial charge < -0.3 is 10.4 Å². The van der Waals surface area contributed by atoms with Crippen LogP contribution in [0.1, 0.15) is 45.3 Å². The van der Waals surface area contributed by atoms with E-state index in [2.05, 4.69) is 15.6 Å². The Bertz CT molecular complexity index is 360. The third-order valence-electron chi connectivity index (χ3n) is 2.83. The fourth-order valence-corrected chi connectivity index (χ4v) is 1.51. The SMILES string of the molecule is CCC(CC)NC(=O)C(C)n1cc(CO)nn1. The van der Waals surface area contributed by atoms with Crippen molar-refractivity contribution in [2.45, 2.75) is 52.3 Å². The van der Waals surface area contributed by atoms with Gasteiger partial charge in [0.15, 0.2) is 0 Å². The van der Waals surface area contributed by atoms with Crippen LogP contribution in [0.4, 0.5) is 0 Å². The molecule has 0 saturated heterocycles. The van der Waals surface area contributed by atoms with Crippen LogP contribution < -0.4 is 5.32 Å². The maximum Gasteiger partial charge on any atom is 0.244 e. The zero-order chi connectivity index (χ0) is 12.8. The number of hydrogen-bond acceptors (Lipinski definition) is 4. The van der Waals surface area contributed by atoms with E-state index in [1.807, 2.05) is 13.8 Å². The lowest BCUT2D eigenvalue weighted by Gasteiger charge is -2.18. The Morgan fingerprint density at radius 2 is 2.18 bits per heavy atom. The molecule has 0 aliphatic heterocycles. The molecule has 1 aromatic heterocycles. The Morgan fingerprint density at radius 1 is 1.53 bits per heavy atom. The molecule has 0 saturated carbocycles. The molecule has 0 spiro atoms. The first-order valence-electron chi connectivity index (χ1n) is 5.94. The van der Waals surface area contributed by atoms with Crippen molar-refractivity contribution in [1.82, 2.24) is 20.3 Å². The van der Waals surface area contributed by atoms with Gasteiger partial charge in [0, 0.05) is 6.04 Å². The summed E-state index contributed by atoms with van der Waals surface area (Å²) < 4.78 is 1.46. The van der Waals surface area contributed by atoms with Crippen LogP contribution in [0.25, 0.3) is 0 Å². The predicted molar refractivity (Wildman–Crippen MR) is 63.2 cm³/mol. The summed E-state index contributed by atoms with van der Waals surface area (Å²) in [5, 5.41) is 19.4. The molecule has 1 rings (SSSR count). The summed E-state index contributed by atoms with van der Waals surface area (Å²) in [6, 6.07) is -0.214. The molecule has 1 heterocycles. The molecule has 6 nitrogen and oxygen atoms in total. The van der Waals surface area contributed by atoms with E-state index in [1.54, 1.807) is 13.1 Å². The van der Waals surface area contributed by atoms with Gasteiger partial charge >= 0.3 is 0 Å². The van der Waals surface area contributed by atoms with Gasteiger partial charge in [-0.05, 0) is 19.8 Å². The van der Waals surface area contributed by atoms with Crippen LogP contribution >= 0.6 is 0 Å². The van der Waals surface area contributed by atoms with E-state index in [9.17, 15) is 4.79 Å². The quantitative estimate of drug-likeness (QED) is 0.764. The van der Waals surface area contributed by atoms with Gasteiger partial charge in [-0.15, -0.1) is 5.10 Å². The third-order valence-corrected chi connectivity index (χ3v) is 2.83. The second kappa shape index (κ2) is 6.34. The van der Waals surface area contributed by atoms with Crippen molar-refractivity contribution in [3.05, 3.63) is 11.9 Å². The second-order valence-electron chi connectivity index (χ2n) is 4.05. The lowest BCUT2D eigenvalue weighted by molar-refractivity contribution is -0.124. The molecular formula is C11H20N4O2. The standard InChI is InChI=1S/C11H20N4O2/c1-4-9(5-2)12-11(17)8(3)15-6-10(7-16)13-14-15/h6,8-9,16H,4-5,7H2,1-3H3,(H,12,17). The molecule has 17 heavy (non-hydrogen) atoms. The number of aliphatic hydroxyl groups excluding tert-OH is 1. The minimum absolute atomic E-state index is 0.0758. The van der Waals surface area contributed by atoms with Crippen molar-refractivity contribution in [2.75, 3.05) is 0 Å². The summed E-state index contributed by atoms with van der Waals surface area (Å²) in [5.74, 6) is -0.0758. The van der Waals surface area contributed by atoms with Gasteiger partial charge in [0.1, 0.15) is 11.7 Å². The highest BCUT2D eigenvalue weighted by Gasteiger charge is 2.18. The van der Waals surface area contributed by atoms with Gasteiger partial charge in [0.2, 0.25) is 5.91 Å². The number of nitrogens with zero attached hydrogens (tertiary/aromatic N) is 3. The molecule has 6 heteroatoms. The second-order valence-corrected chi connectivity index (χ2v) is 4.05. The highest BCUT2D eigenvalue weighted by Crippen LogP contribution is 2.06. The number of nitrogens with one attached hydrogen (secondary N) is 1. The molecule has 96 valence electrons. The summed E-state index contributed by atoms with van der Waals surface area (Å²) >= 11 is 0. The minimum Gasteiger partial charge on any atom is -0.390 e. The van der Waals surface area contributed by atoms with Crippen molar-refractivity contribution < 1.29 is 9.90 Å². The molecule has 0 aliphatic rings. The minimum atomic E-state index is -0.414.